The molecule has 6 nitrogen and oxygen atoms in total. The van der Waals surface area contributed by atoms with Crippen LogP contribution in [0.2, 0.25) is 0 Å². The van der Waals surface area contributed by atoms with Gasteiger partial charge in [-0.25, -0.2) is 4.79 Å². The maximum atomic E-state index is 12.5. The monoisotopic (exact) mass is 484 g/mol. The van der Waals surface area contributed by atoms with Gasteiger partial charge in [-0.1, -0.05) is 43.7 Å². The van der Waals surface area contributed by atoms with E-state index in [1.165, 1.54) is 5.56 Å². The first kappa shape index (κ1) is 25.5. The molecule has 0 spiro atoms. The highest BCUT2D eigenvalue weighted by molar-refractivity contribution is 5.99. The number of benzene rings is 2. The highest BCUT2D eigenvalue weighted by Gasteiger charge is 2.26. The van der Waals surface area contributed by atoms with Crippen molar-refractivity contribution in [1.29, 1.82) is 5.26 Å². The summed E-state index contributed by atoms with van der Waals surface area (Å²) in [5.74, 6) is 0.397. The molecule has 2 aromatic carbocycles. The molecule has 0 saturated carbocycles. The molecule has 0 aliphatic carbocycles. The molecule has 1 saturated heterocycles. The van der Waals surface area contributed by atoms with Crippen molar-refractivity contribution < 1.29 is 9.53 Å². The molecule has 1 amide bonds. The number of aromatic nitrogens is 1. The lowest BCUT2D eigenvalue weighted by atomic mass is 9.91. The predicted molar refractivity (Wildman–Crippen MR) is 145 cm³/mol. The van der Waals surface area contributed by atoms with Gasteiger partial charge in [0.1, 0.15) is 11.7 Å². The first-order valence-corrected chi connectivity index (χ1v) is 12.7. The zero-order chi connectivity index (χ0) is 26.0. The highest BCUT2D eigenvalue weighted by atomic mass is 16.6. The number of carbonyl (C=O) groups excluding carboxylic acids is 1. The van der Waals surface area contributed by atoms with Gasteiger partial charge in [0.25, 0.3) is 0 Å². The summed E-state index contributed by atoms with van der Waals surface area (Å²) in [5, 5.41) is 11.2. The summed E-state index contributed by atoms with van der Waals surface area (Å²) in [6.07, 6.45) is 0.495. The lowest BCUT2D eigenvalue weighted by Crippen LogP contribution is -2.50. The molecule has 1 aliphatic rings. The van der Waals surface area contributed by atoms with Crippen LogP contribution in [0, 0.1) is 24.2 Å². The first-order chi connectivity index (χ1) is 17.1. The number of aryl methyl sites for hydroxylation is 1. The first-order valence-electron chi connectivity index (χ1n) is 12.7. The van der Waals surface area contributed by atoms with Crippen LogP contribution in [0.4, 0.5) is 10.5 Å². The SMILES string of the molecule is Cc1ccc(-c2c(C#N)c(CC(C)C)nc3ccc(N4CCN(C(=O)OC(C)(C)C)CC4)cc23)cc1. The van der Waals surface area contributed by atoms with E-state index in [4.69, 9.17) is 9.72 Å². The quantitative estimate of drug-likeness (QED) is 0.432. The molecule has 0 N–H and O–H groups in total. The Kier molecular flexibility index (Phi) is 7.21. The number of hydrogen-bond donors (Lipinski definition) is 0. The van der Waals surface area contributed by atoms with Crippen molar-refractivity contribution in [1.82, 2.24) is 9.88 Å². The Bertz CT molecular complexity index is 1290. The molecule has 1 aliphatic heterocycles. The number of amides is 1. The van der Waals surface area contributed by atoms with Crippen molar-refractivity contribution in [2.24, 2.45) is 5.92 Å². The minimum atomic E-state index is -0.501. The normalized spacial score (nSPS) is 14.3. The third-order valence-corrected chi connectivity index (χ3v) is 6.39. The van der Waals surface area contributed by atoms with E-state index in [2.05, 4.69) is 74.2 Å². The van der Waals surface area contributed by atoms with Crippen LogP contribution in [0.1, 0.15) is 51.4 Å². The topological polar surface area (TPSA) is 69.5 Å². The zero-order valence-corrected chi connectivity index (χ0v) is 22.3. The Balaban J connectivity index is 1.71. The number of rotatable bonds is 4. The number of nitriles is 1. The number of carbonyl (C=O) groups is 1. The molecule has 1 aromatic heterocycles. The molecule has 3 aromatic rings. The van der Waals surface area contributed by atoms with Crippen LogP contribution in [0.15, 0.2) is 42.5 Å². The Morgan fingerprint density at radius 3 is 2.33 bits per heavy atom. The van der Waals surface area contributed by atoms with Crippen molar-refractivity contribution in [3.8, 4) is 17.2 Å². The van der Waals surface area contributed by atoms with Crippen molar-refractivity contribution >= 4 is 22.7 Å². The van der Waals surface area contributed by atoms with E-state index in [-0.39, 0.29) is 6.09 Å². The second kappa shape index (κ2) is 10.2. The number of pyridine rings is 1. The summed E-state index contributed by atoms with van der Waals surface area (Å²) in [6, 6.07) is 17.2. The largest absolute Gasteiger partial charge is 0.444 e. The Morgan fingerprint density at radius 2 is 1.75 bits per heavy atom. The molecule has 0 unspecified atom stereocenters. The van der Waals surface area contributed by atoms with Crippen molar-refractivity contribution in [3.05, 3.63) is 59.3 Å². The molecule has 0 atom stereocenters. The van der Waals surface area contributed by atoms with Gasteiger partial charge in [0.15, 0.2) is 0 Å². The molecular weight excluding hydrogens is 448 g/mol. The van der Waals surface area contributed by atoms with Crippen molar-refractivity contribution in [2.45, 2.75) is 53.6 Å². The third kappa shape index (κ3) is 5.62. The number of piperazine rings is 1. The Hall–Kier alpha value is -3.59. The number of nitrogens with zero attached hydrogens (tertiary/aromatic N) is 4. The number of hydrogen-bond acceptors (Lipinski definition) is 5. The molecule has 0 bridgehead atoms. The summed E-state index contributed by atoms with van der Waals surface area (Å²) >= 11 is 0. The molecule has 4 rings (SSSR count). The third-order valence-electron chi connectivity index (χ3n) is 6.39. The van der Waals surface area contributed by atoms with Crippen LogP contribution in [-0.2, 0) is 11.2 Å². The van der Waals surface area contributed by atoms with Crippen molar-refractivity contribution in [3.63, 3.8) is 0 Å². The molecular formula is C30H36N4O2. The number of ether oxygens (including phenoxy) is 1. The van der Waals surface area contributed by atoms with E-state index in [0.717, 1.165) is 39.8 Å². The van der Waals surface area contributed by atoms with Gasteiger partial charge >= 0.3 is 6.09 Å². The van der Waals surface area contributed by atoms with E-state index in [0.29, 0.717) is 37.7 Å². The van der Waals surface area contributed by atoms with E-state index in [1.54, 1.807) is 4.90 Å². The highest BCUT2D eigenvalue weighted by Crippen LogP contribution is 2.36. The average Bonchev–Trinajstić information content (AvgIpc) is 2.82. The van der Waals surface area contributed by atoms with Gasteiger partial charge in [-0.15, -0.1) is 0 Å². The zero-order valence-electron chi connectivity index (χ0n) is 22.3. The summed E-state index contributed by atoms with van der Waals surface area (Å²) in [4.78, 5) is 21.5. The second-order valence-electron chi connectivity index (χ2n) is 11.0. The van der Waals surface area contributed by atoms with Gasteiger partial charge in [0.05, 0.1) is 16.8 Å². The second-order valence-corrected chi connectivity index (χ2v) is 11.0. The summed E-state index contributed by atoms with van der Waals surface area (Å²) in [6.45, 7) is 14.7. The van der Waals surface area contributed by atoms with Crippen molar-refractivity contribution in [2.75, 3.05) is 31.1 Å². The molecule has 1 fully saturated rings. The summed E-state index contributed by atoms with van der Waals surface area (Å²) < 4.78 is 5.54. The summed E-state index contributed by atoms with van der Waals surface area (Å²) in [5.41, 5.74) is 6.15. The number of fused-ring (bicyclic) bond motifs is 1. The van der Waals surface area contributed by atoms with Gasteiger partial charge in [-0.05, 0) is 63.8 Å². The Morgan fingerprint density at radius 1 is 1.08 bits per heavy atom. The molecule has 6 heteroatoms. The summed E-state index contributed by atoms with van der Waals surface area (Å²) in [7, 11) is 0. The van der Waals surface area contributed by atoms with Crippen LogP contribution in [0.5, 0.6) is 0 Å². The van der Waals surface area contributed by atoms with Crippen LogP contribution in [0.3, 0.4) is 0 Å². The van der Waals surface area contributed by atoms with Gasteiger partial charge in [-0.2, -0.15) is 5.26 Å². The fourth-order valence-corrected chi connectivity index (χ4v) is 4.65. The molecule has 2 heterocycles. The predicted octanol–water partition coefficient (Wildman–Crippen LogP) is 6.34. The van der Waals surface area contributed by atoms with E-state index in [1.807, 2.05) is 20.8 Å². The fourth-order valence-electron chi connectivity index (χ4n) is 4.65. The standard InChI is InChI=1S/C30H36N4O2/c1-20(2)17-27-25(19-31)28(22-9-7-21(3)8-10-22)24-18-23(11-12-26(24)32-27)33-13-15-34(16-14-33)29(35)36-30(4,5)6/h7-12,18,20H,13-17H2,1-6H3. The van der Waals surface area contributed by atoms with Crippen LogP contribution >= 0.6 is 0 Å². The average molecular weight is 485 g/mol. The maximum absolute atomic E-state index is 12.5. The smallest absolute Gasteiger partial charge is 0.410 e. The van der Waals surface area contributed by atoms with Gasteiger partial charge < -0.3 is 14.5 Å². The van der Waals surface area contributed by atoms with Gasteiger partial charge in [0.2, 0.25) is 0 Å². The van der Waals surface area contributed by atoms with Crippen LogP contribution in [0.25, 0.3) is 22.0 Å². The maximum Gasteiger partial charge on any atom is 0.410 e. The minimum absolute atomic E-state index is 0.261. The van der Waals surface area contributed by atoms with Gasteiger partial charge in [-0.3, -0.25) is 4.98 Å². The lowest BCUT2D eigenvalue weighted by Gasteiger charge is -2.36. The lowest BCUT2D eigenvalue weighted by molar-refractivity contribution is 0.0240. The van der Waals surface area contributed by atoms with E-state index < -0.39 is 5.60 Å². The van der Waals surface area contributed by atoms with Gasteiger partial charge in [0, 0.05) is 42.8 Å². The Labute approximate surface area is 214 Å². The van der Waals surface area contributed by atoms with Crippen LogP contribution in [-0.4, -0.2) is 47.8 Å². The number of anilines is 1. The molecule has 0 radical (unpaired) electrons. The molecule has 36 heavy (non-hydrogen) atoms. The minimum Gasteiger partial charge on any atom is -0.444 e. The van der Waals surface area contributed by atoms with E-state index in [9.17, 15) is 10.1 Å². The van der Waals surface area contributed by atoms with E-state index >= 15 is 0 Å². The molecule has 188 valence electrons. The fraction of sp³-hybridized carbons (Fsp3) is 0.433. The van der Waals surface area contributed by atoms with Crippen LogP contribution < -0.4 is 4.90 Å².